The molecule has 0 saturated heterocycles. The summed E-state index contributed by atoms with van der Waals surface area (Å²) in [5.74, 6) is 0. The Morgan fingerprint density at radius 2 is 0.593 bits per heavy atom. The van der Waals surface area contributed by atoms with Crippen LogP contribution in [0.2, 0.25) is 0 Å². The molecule has 0 N–H and O–H groups in total. The zero-order chi connectivity index (χ0) is 41.3. The van der Waals surface area contributed by atoms with Gasteiger partial charge in [0.2, 0.25) is 0 Å². The van der Waals surface area contributed by atoms with Crippen molar-refractivity contribution < 1.29 is 0 Å². The lowest BCUT2D eigenvalue weighted by atomic mass is 10.1. The van der Waals surface area contributed by atoms with Crippen LogP contribution in [-0.4, -0.2) is 0 Å². The van der Waals surface area contributed by atoms with Crippen molar-refractivity contribution in [1.82, 2.24) is 0 Å². The maximum absolute atomic E-state index is 3.69. The van der Waals surface area contributed by atoms with Gasteiger partial charge in [0.15, 0.2) is 0 Å². The van der Waals surface area contributed by atoms with E-state index >= 15 is 0 Å². The minimum atomic E-state index is 0. The van der Waals surface area contributed by atoms with Gasteiger partial charge in [0.05, 0.1) is 0 Å². The van der Waals surface area contributed by atoms with Gasteiger partial charge in [-0.1, -0.05) is 308 Å². The lowest BCUT2D eigenvalue weighted by Crippen LogP contribution is -1.78. The van der Waals surface area contributed by atoms with Crippen molar-refractivity contribution in [3.8, 4) is 0 Å². The maximum atomic E-state index is 3.69. The van der Waals surface area contributed by atoms with E-state index in [1.165, 1.54) is 99.3 Å². The van der Waals surface area contributed by atoms with Gasteiger partial charge < -0.3 is 0 Å². The summed E-state index contributed by atoms with van der Waals surface area (Å²) in [6, 6.07) is 16.9. The number of aryl methyl sites for hydroxylation is 2. The second-order valence-electron chi connectivity index (χ2n) is 13.4. The molecule has 338 valence electrons. The second-order valence-corrected chi connectivity index (χ2v) is 13.4. The Morgan fingerprint density at radius 3 is 0.712 bits per heavy atom. The van der Waals surface area contributed by atoms with E-state index in [1.807, 2.05) is 18.2 Å². The molecule has 0 aliphatic heterocycles. The highest BCUT2D eigenvalue weighted by Crippen LogP contribution is 2.07. The second kappa shape index (κ2) is 63.3. The molecule has 2 aromatic rings. The smallest absolute Gasteiger partial charge is 0.0163 e. The number of hydrogen-bond donors (Lipinski definition) is 0. The highest BCUT2D eigenvalue weighted by molar-refractivity contribution is 5.47. The van der Waals surface area contributed by atoms with Crippen LogP contribution in [0.5, 0.6) is 0 Å². The van der Waals surface area contributed by atoms with Crippen LogP contribution in [0.4, 0.5) is 0 Å². The van der Waals surface area contributed by atoms with Crippen molar-refractivity contribution >= 4 is 12.2 Å². The fraction of sp³-hybridized carbons (Fsp3) is 0.492. The third kappa shape index (κ3) is 58.5. The topological polar surface area (TPSA) is 0 Å². The van der Waals surface area contributed by atoms with E-state index in [0.717, 1.165) is 38.5 Å². The molecule has 0 amide bonds. The van der Waals surface area contributed by atoms with Gasteiger partial charge in [0.1, 0.15) is 0 Å². The lowest BCUT2D eigenvalue weighted by molar-refractivity contribution is 0.624. The minimum absolute atomic E-state index is 0. The van der Waals surface area contributed by atoms with Crippen LogP contribution in [-0.2, 0) is 12.8 Å². The first kappa shape index (κ1) is 69.7. The van der Waals surface area contributed by atoms with Crippen molar-refractivity contribution in [2.75, 3.05) is 0 Å². The van der Waals surface area contributed by atoms with Gasteiger partial charge in [0, 0.05) is 0 Å². The van der Waals surface area contributed by atoms with Crippen LogP contribution in [0.25, 0.3) is 12.2 Å². The fourth-order valence-corrected chi connectivity index (χ4v) is 4.66. The normalized spacial score (nSPS) is 10.7. The standard InChI is InChI=1S/2C10H12.2C8H18.3C5H6.C4H8.4CH4/c2*1-3-9-5-7-10(4-2)8-6-9;2*1-3-5-7-8-6-4-2;3*1-2-4-5-3-1;1-3-4-2;;;;/h2*3,5-8H,1,4H2,2H3;2*3-8H2,1-2H3;3*1-4H,5H2;3H,1,4H2,2H3;4*1H4. The summed E-state index contributed by atoms with van der Waals surface area (Å²) in [4.78, 5) is 0. The van der Waals surface area contributed by atoms with E-state index in [0.29, 0.717) is 0 Å². The van der Waals surface area contributed by atoms with Crippen molar-refractivity contribution in [1.29, 1.82) is 0 Å². The van der Waals surface area contributed by atoms with Crippen molar-refractivity contribution in [3.05, 3.63) is 170 Å². The zero-order valence-corrected chi connectivity index (χ0v) is 37.1. The summed E-state index contributed by atoms with van der Waals surface area (Å²) in [6.07, 6.45) is 54.4. The molecule has 0 atom stereocenters. The molecular formula is C59H102. The molecule has 0 nitrogen and oxygen atoms in total. The molecule has 59 heavy (non-hydrogen) atoms. The summed E-state index contributed by atoms with van der Waals surface area (Å²) < 4.78 is 0. The number of rotatable bonds is 15. The Labute approximate surface area is 373 Å². The van der Waals surface area contributed by atoms with E-state index in [9.17, 15) is 0 Å². The SMILES string of the molecule is C.C.C.C.C1=CCC=C1.C1=CCC=C1.C1=CCC=C1.C=CCC.C=Cc1ccc(CC)cc1.C=Cc1ccc(CC)cc1.CCCCCCCC.CCCCCCCC. The van der Waals surface area contributed by atoms with Gasteiger partial charge in [-0.05, 0) is 60.8 Å². The molecule has 3 aliphatic rings. The molecule has 0 aromatic heterocycles. The third-order valence-corrected chi connectivity index (χ3v) is 8.42. The highest BCUT2D eigenvalue weighted by Gasteiger charge is 1.88. The molecule has 0 heterocycles. The Balaban J connectivity index is -0.000000106. The number of hydrogen-bond acceptors (Lipinski definition) is 0. The first-order valence-electron chi connectivity index (χ1n) is 22.0. The molecule has 0 saturated carbocycles. The number of unbranched alkanes of at least 4 members (excludes halogenated alkanes) is 10. The predicted molar refractivity (Wildman–Crippen MR) is 286 cm³/mol. The fourth-order valence-electron chi connectivity index (χ4n) is 4.66. The number of benzene rings is 2. The van der Waals surface area contributed by atoms with Gasteiger partial charge in [-0.3, -0.25) is 0 Å². The molecule has 0 fully saturated rings. The van der Waals surface area contributed by atoms with Crippen molar-refractivity contribution in [3.63, 3.8) is 0 Å². The van der Waals surface area contributed by atoms with E-state index < -0.39 is 0 Å². The van der Waals surface area contributed by atoms with Crippen LogP contribution < -0.4 is 0 Å². The molecule has 5 rings (SSSR count). The number of allylic oxidation sites excluding steroid dienone is 13. The van der Waals surface area contributed by atoms with Gasteiger partial charge in [0.25, 0.3) is 0 Å². The molecule has 0 radical (unpaired) electrons. The van der Waals surface area contributed by atoms with Gasteiger partial charge in [-0.25, -0.2) is 0 Å². The lowest BCUT2D eigenvalue weighted by Gasteiger charge is -1.95. The van der Waals surface area contributed by atoms with Crippen LogP contribution in [0.1, 0.15) is 203 Å². The van der Waals surface area contributed by atoms with Gasteiger partial charge in [-0.15, -0.1) is 6.58 Å². The van der Waals surface area contributed by atoms with Gasteiger partial charge in [-0.2, -0.15) is 0 Å². The minimum Gasteiger partial charge on any atom is -0.103 e. The predicted octanol–water partition coefficient (Wildman–Crippen LogP) is 21.2. The van der Waals surface area contributed by atoms with E-state index in [4.69, 9.17) is 0 Å². The molecule has 0 bridgehead atoms. The summed E-state index contributed by atoms with van der Waals surface area (Å²) in [6.45, 7) is 26.2. The van der Waals surface area contributed by atoms with Crippen molar-refractivity contribution in [2.24, 2.45) is 0 Å². The van der Waals surface area contributed by atoms with E-state index in [-0.39, 0.29) is 29.7 Å². The molecule has 0 spiro atoms. The summed E-state index contributed by atoms with van der Waals surface area (Å²) >= 11 is 0. The van der Waals surface area contributed by atoms with Crippen LogP contribution in [0.3, 0.4) is 0 Å². The zero-order valence-electron chi connectivity index (χ0n) is 37.1. The Bertz CT molecular complexity index is 1080. The van der Waals surface area contributed by atoms with Crippen LogP contribution in [0.15, 0.2) is 147 Å². The Hall–Kier alpha value is -3.90. The van der Waals surface area contributed by atoms with Crippen LogP contribution >= 0.6 is 0 Å². The first-order chi connectivity index (χ1) is 27.0. The molecular weight excluding hydrogens is 709 g/mol. The first-order valence-corrected chi connectivity index (χ1v) is 22.0. The average molecular weight is 811 g/mol. The quantitative estimate of drug-likeness (QED) is 0.124. The Kier molecular flexibility index (Phi) is 74.8. The third-order valence-electron chi connectivity index (χ3n) is 8.42. The average Bonchev–Trinajstić information content (AvgIpc) is 4.11. The maximum Gasteiger partial charge on any atom is -0.0163 e. The van der Waals surface area contributed by atoms with Crippen molar-refractivity contribution in [2.45, 2.75) is 194 Å². The molecule has 0 unspecified atom stereocenters. The summed E-state index contributed by atoms with van der Waals surface area (Å²) in [5.41, 5.74) is 5.14. The van der Waals surface area contributed by atoms with E-state index in [1.54, 1.807) is 0 Å². The Morgan fingerprint density at radius 1 is 0.373 bits per heavy atom. The highest BCUT2D eigenvalue weighted by atomic mass is 13.9. The van der Waals surface area contributed by atoms with Crippen LogP contribution in [0, 0.1) is 0 Å². The van der Waals surface area contributed by atoms with Gasteiger partial charge >= 0.3 is 0 Å². The molecule has 3 aliphatic carbocycles. The largest absolute Gasteiger partial charge is 0.103 e. The van der Waals surface area contributed by atoms with E-state index in [2.05, 4.69) is 190 Å². The summed E-state index contributed by atoms with van der Waals surface area (Å²) in [7, 11) is 0. The summed E-state index contributed by atoms with van der Waals surface area (Å²) in [5, 5.41) is 0. The molecule has 2 aromatic carbocycles. The monoisotopic (exact) mass is 811 g/mol. The molecule has 0 heteroatoms.